The van der Waals surface area contributed by atoms with Gasteiger partial charge in [0.2, 0.25) is 5.95 Å². The first-order valence-electron chi connectivity index (χ1n) is 6.56. The molecule has 0 aliphatic carbocycles. The average molecular weight is 358 g/mol. The van der Waals surface area contributed by atoms with E-state index in [1.807, 2.05) is 37.3 Å². The highest BCUT2D eigenvalue weighted by atomic mass is 79.9. The maximum atomic E-state index is 12.1. The molecule has 0 spiro atoms. The molecule has 0 unspecified atom stereocenters. The zero-order valence-electron chi connectivity index (χ0n) is 11.7. The van der Waals surface area contributed by atoms with Gasteiger partial charge < -0.3 is 0 Å². The van der Waals surface area contributed by atoms with Crippen molar-refractivity contribution in [1.29, 1.82) is 0 Å². The lowest BCUT2D eigenvalue weighted by Gasteiger charge is -2.01. The molecular weight excluding hydrogens is 346 g/mol. The lowest BCUT2D eigenvalue weighted by Crippen LogP contribution is -2.14. The summed E-state index contributed by atoms with van der Waals surface area (Å²) in [5, 5.41) is 9.43. The van der Waals surface area contributed by atoms with Gasteiger partial charge in [-0.15, -0.1) is 5.10 Å². The van der Waals surface area contributed by atoms with Gasteiger partial charge in [0, 0.05) is 15.7 Å². The Labute approximate surface area is 135 Å². The predicted octanol–water partition coefficient (Wildman–Crippen LogP) is 3.19. The third-order valence-electron chi connectivity index (χ3n) is 2.96. The van der Waals surface area contributed by atoms with E-state index in [9.17, 15) is 4.79 Å². The average Bonchev–Trinajstić information content (AvgIpc) is 2.96. The van der Waals surface area contributed by atoms with Crippen LogP contribution >= 0.6 is 15.9 Å². The lowest BCUT2D eigenvalue weighted by molar-refractivity contribution is 0.102. The molecule has 22 heavy (non-hydrogen) atoms. The number of carbonyl (C=O) groups excluding carboxylic acids is 1. The molecule has 0 fully saturated rings. The van der Waals surface area contributed by atoms with Gasteiger partial charge in [-0.05, 0) is 25.1 Å². The summed E-state index contributed by atoms with van der Waals surface area (Å²) < 4.78 is 0.893. The standard InChI is InChI=1S/C15H12BrN5O/c1-9-5-4-8-12(17-9)14(22)19-15-18-13(20-21-15)10-6-2-3-7-11(10)16/h2-8H,1H3,(H2,18,19,20,21,22). The van der Waals surface area contributed by atoms with Gasteiger partial charge in [0.15, 0.2) is 5.82 Å². The Kier molecular flexibility index (Phi) is 3.97. The van der Waals surface area contributed by atoms with Crippen LogP contribution in [0, 0.1) is 6.92 Å². The van der Waals surface area contributed by atoms with Crippen molar-refractivity contribution in [3.8, 4) is 11.4 Å². The molecule has 1 amide bonds. The number of anilines is 1. The maximum Gasteiger partial charge on any atom is 0.276 e. The number of nitrogens with one attached hydrogen (secondary N) is 2. The smallest absolute Gasteiger partial charge is 0.276 e. The van der Waals surface area contributed by atoms with Crippen LogP contribution in [0.2, 0.25) is 0 Å². The Morgan fingerprint density at radius 1 is 1.14 bits per heavy atom. The molecule has 0 saturated heterocycles. The number of aryl methyl sites for hydroxylation is 1. The normalized spacial score (nSPS) is 10.5. The molecule has 2 aromatic heterocycles. The summed E-state index contributed by atoms with van der Waals surface area (Å²) in [4.78, 5) is 20.5. The van der Waals surface area contributed by atoms with Crippen LogP contribution in [0.15, 0.2) is 46.9 Å². The largest absolute Gasteiger partial charge is 0.288 e. The number of H-pyrrole nitrogens is 1. The lowest BCUT2D eigenvalue weighted by atomic mass is 10.2. The SMILES string of the molecule is Cc1cccc(C(=O)Nc2n[nH]c(-c3ccccc3Br)n2)n1. The summed E-state index contributed by atoms with van der Waals surface area (Å²) in [6, 6.07) is 12.9. The number of carbonyl (C=O) groups is 1. The van der Waals surface area contributed by atoms with Crippen molar-refractivity contribution in [2.75, 3.05) is 5.32 Å². The number of hydrogen-bond acceptors (Lipinski definition) is 4. The summed E-state index contributed by atoms with van der Waals surface area (Å²) in [5.41, 5.74) is 1.97. The highest BCUT2D eigenvalue weighted by molar-refractivity contribution is 9.10. The molecule has 3 aromatic rings. The third-order valence-corrected chi connectivity index (χ3v) is 3.65. The van der Waals surface area contributed by atoms with E-state index < -0.39 is 0 Å². The fraction of sp³-hybridized carbons (Fsp3) is 0.0667. The van der Waals surface area contributed by atoms with E-state index in [4.69, 9.17) is 0 Å². The van der Waals surface area contributed by atoms with Crippen molar-refractivity contribution in [3.63, 3.8) is 0 Å². The molecule has 0 aliphatic heterocycles. The monoisotopic (exact) mass is 357 g/mol. The molecule has 2 N–H and O–H groups in total. The second-order valence-electron chi connectivity index (χ2n) is 4.61. The molecule has 2 heterocycles. The van der Waals surface area contributed by atoms with E-state index in [2.05, 4.69) is 41.4 Å². The number of amides is 1. The molecule has 7 heteroatoms. The summed E-state index contributed by atoms with van der Waals surface area (Å²) in [6.07, 6.45) is 0. The van der Waals surface area contributed by atoms with Crippen molar-refractivity contribution >= 4 is 27.8 Å². The Morgan fingerprint density at radius 2 is 1.95 bits per heavy atom. The number of halogens is 1. The minimum Gasteiger partial charge on any atom is -0.288 e. The highest BCUT2D eigenvalue weighted by Crippen LogP contribution is 2.25. The molecule has 1 aromatic carbocycles. The Balaban J connectivity index is 1.80. The van der Waals surface area contributed by atoms with Gasteiger partial charge in [0.1, 0.15) is 5.69 Å². The van der Waals surface area contributed by atoms with Crippen molar-refractivity contribution in [1.82, 2.24) is 20.2 Å². The molecule has 0 aliphatic rings. The quantitative estimate of drug-likeness (QED) is 0.753. The minimum atomic E-state index is -0.346. The zero-order valence-corrected chi connectivity index (χ0v) is 13.3. The van der Waals surface area contributed by atoms with E-state index in [0.717, 1.165) is 15.7 Å². The first-order valence-corrected chi connectivity index (χ1v) is 7.35. The van der Waals surface area contributed by atoms with Crippen LogP contribution in [0.4, 0.5) is 5.95 Å². The first kappa shape index (κ1) is 14.4. The van der Waals surface area contributed by atoms with Gasteiger partial charge in [-0.3, -0.25) is 15.2 Å². The summed E-state index contributed by atoms with van der Waals surface area (Å²) in [5.74, 6) is 0.431. The number of aromatic nitrogens is 4. The van der Waals surface area contributed by atoms with Crippen molar-refractivity contribution in [3.05, 3.63) is 58.3 Å². The first-order chi connectivity index (χ1) is 10.6. The Hall–Kier alpha value is -2.54. The number of rotatable bonds is 3. The van der Waals surface area contributed by atoms with E-state index >= 15 is 0 Å². The van der Waals surface area contributed by atoms with Crippen LogP contribution in [0.25, 0.3) is 11.4 Å². The topological polar surface area (TPSA) is 83.6 Å². The highest BCUT2D eigenvalue weighted by Gasteiger charge is 2.13. The van der Waals surface area contributed by atoms with Gasteiger partial charge in [-0.2, -0.15) is 4.98 Å². The second kappa shape index (κ2) is 6.07. The molecule has 6 nitrogen and oxygen atoms in total. The Morgan fingerprint density at radius 3 is 2.73 bits per heavy atom. The second-order valence-corrected chi connectivity index (χ2v) is 5.46. The van der Waals surface area contributed by atoms with Gasteiger partial charge in [0.05, 0.1) is 0 Å². The number of hydrogen-bond donors (Lipinski definition) is 2. The van der Waals surface area contributed by atoms with Crippen molar-refractivity contribution in [2.45, 2.75) is 6.92 Å². The van der Waals surface area contributed by atoms with Crippen LogP contribution in [-0.4, -0.2) is 26.1 Å². The van der Waals surface area contributed by atoms with E-state index in [1.165, 1.54) is 0 Å². The van der Waals surface area contributed by atoms with Gasteiger partial charge in [-0.1, -0.05) is 40.2 Å². The maximum absolute atomic E-state index is 12.1. The molecule has 0 radical (unpaired) electrons. The fourth-order valence-corrected chi connectivity index (χ4v) is 2.40. The van der Waals surface area contributed by atoms with E-state index in [-0.39, 0.29) is 11.9 Å². The van der Waals surface area contributed by atoms with E-state index in [0.29, 0.717) is 11.5 Å². The third kappa shape index (κ3) is 3.04. The summed E-state index contributed by atoms with van der Waals surface area (Å²) in [6.45, 7) is 1.83. The molecule has 110 valence electrons. The Bertz CT molecular complexity index is 830. The van der Waals surface area contributed by atoms with Crippen LogP contribution in [0.5, 0.6) is 0 Å². The zero-order chi connectivity index (χ0) is 15.5. The van der Waals surface area contributed by atoms with Crippen LogP contribution in [-0.2, 0) is 0 Å². The van der Waals surface area contributed by atoms with E-state index in [1.54, 1.807) is 12.1 Å². The number of nitrogens with zero attached hydrogens (tertiary/aromatic N) is 3. The minimum absolute atomic E-state index is 0.207. The van der Waals surface area contributed by atoms with Crippen LogP contribution in [0.3, 0.4) is 0 Å². The molecule has 0 atom stereocenters. The number of pyridine rings is 1. The summed E-state index contributed by atoms with van der Waals surface area (Å²) >= 11 is 3.45. The molecule has 3 rings (SSSR count). The van der Waals surface area contributed by atoms with Crippen molar-refractivity contribution < 1.29 is 4.79 Å². The molecular formula is C15H12BrN5O. The van der Waals surface area contributed by atoms with Gasteiger partial charge >= 0.3 is 0 Å². The summed E-state index contributed by atoms with van der Waals surface area (Å²) in [7, 11) is 0. The number of aromatic amines is 1. The fourth-order valence-electron chi connectivity index (χ4n) is 1.93. The van der Waals surface area contributed by atoms with Crippen molar-refractivity contribution in [2.24, 2.45) is 0 Å². The van der Waals surface area contributed by atoms with Crippen LogP contribution in [0.1, 0.15) is 16.2 Å². The predicted molar refractivity (Wildman–Crippen MR) is 86.4 cm³/mol. The van der Waals surface area contributed by atoms with Gasteiger partial charge in [0.25, 0.3) is 5.91 Å². The molecule has 0 saturated carbocycles. The van der Waals surface area contributed by atoms with Gasteiger partial charge in [-0.25, -0.2) is 4.98 Å². The number of benzene rings is 1. The van der Waals surface area contributed by atoms with Crippen LogP contribution < -0.4 is 5.32 Å². The molecule has 0 bridgehead atoms.